The van der Waals surface area contributed by atoms with Gasteiger partial charge in [0.1, 0.15) is 11.6 Å². The Hall–Kier alpha value is -3.22. The molecule has 0 aliphatic carbocycles. The van der Waals surface area contributed by atoms with Gasteiger partial charge in [-0.05, 0) is 79.6 Å². The van der Waals surface area contributed by atoms with Crippen LogP contribution in [0.25, 0.3) is 44.0 Å². The summed E-state index contributed by atoms with van der Waals surface area (Å²) >= 11 is 0. The van der Waals surface area contributed by atoms with Crippen LogP contribution in [0.1, 0.15) is 55.8 Å². The van der Waals surface area contributed by atoms with Gasteiger partial charge in [-0.15, -0.1) is 0 Å². The lowest BCUT2D eigenvalue weighted by Gasteiger charge is -2.21. The second kappa shape index (κ2) is 7.68. The summed E-state index contributed by atoms with van der Waals surface area (Å²) in [6.45, 7) is 2.15. The van der Waals surface area contributed by atoms with Crippen LogP contribution in [-0.2, 0) is 0 Å². The minimum absolute atomic E-state index is 0.344. The van der Waals surface area contributed by atoms with Gasteiger partial charge in [-0.2, -0.15) is 0 Å². The highest BCUT2D eigenvalue weighted by Crippen LogP contribution is 2.32. The average Bonchev–Trinajstić information content (AvgIpc) is 3.62. The SMILES string of the molecule is c1cc2c(ccc3nc([C@@H]4CCCN4)[nH]c32)cc1-c1ccc2nc([C@@H]3CCCCN3)[nH]c2c1. The van der Waals surface area contributed by atoms with Crippen molar-refractivity contribution in [1.82, 2.24) is 30.6 Å². The Labute approximate surface area is 192 Å². The van der Waals surface area contributed by atoms with Crippen LogP contribution in [0.3, 0.4) is 0 Å². The van der Waals surface area contributed by atoms with Gasteiger partial charge < -0.3 is 20.6 Å². The quantitative estimate of drug-likeness (QED) is 0.301. The molecular weight excluding hydrogens is 408 g/mol. The number of aromatic nitrogens is 4. The third-order valence-corrected chi connectivity index (χ3v) is 7.36. The molecule has 2 aliphatic rings. The number of nitrogens with zero attached hydrogens (tertiary/aromatic N) is 2. The fourth-order valence-electron chi connectivity index (χ4n) is 5.55. The number of hydrogen-bond donors (Lipinski definition) is 4. The normalized spacial score (nSPS) is 21.5. The third-order valence-electron chi connectivity index (χ3n) is 7.36. The van der Waals surface area contributed by atoms with Crippen LogP contribution in [0.2, 0.25) is 0 Å². The van der Waals surface area contributed by atoms with E-state index in [0.29, 0.717) is 12.1 Å². The number of aromatic amines is 2. The first-order valence-electron chi connectivity index (χ1n) is 12.2. The van der Waals surface area contributed by atoms with E-state index in [9.17, 15) is 0 Å². The minimum atomic E-state index is 0.344. The van der Waals surface area contributed by atoms with E-state index in [-0.39, 0.29) is 0 Å². The van der Waals surface area contributed by atoms with Gasteiger partial charge >= 0.3 is 0 Å². The summed E-state index contributed by atoms with van der Waals surface area (Å²) in [6, 6.07) is 18.3. The molecule has 5 aromatic rings. The second-order valence-electron chi connectivity index (χ2n) is 9.52. The Morgan fingerprint density at radius 1 is 0.667 bits per heavy atom. The standard InChI is InChI=1S/C27H28N6/c1-2-12-28-22(4-1)26-30-20-10-7-17(15-24(20)32-26)16-6-9-19-18(14-16)8-11-21-25(19)33-27(31-21)23-5-3-13-29-23/h6-11,14-15,22-23,28-29H,1-5,12-13H2,(H,30,32)(H,31,33)/t22-,23-/m0/s1. The van der Waals surface area contributed by atoms with Crippen LogP contribution >= 0.6 is 0 Å². The van der Waals surface area contributed by atoms with E-state index in [2.05, 4.69) is 69.1 Å². The number of fused-ring (bicyclic) bond motifs is 4. The largest absolute Gasteiger partial charge is 0.341 e. The first-order chi connectivity index (χ1) is 16.3. The van der Waals surface area contributed by atoms with Crippen LogP contribution < -0.4 is 10.6 Å². The highest BCUT2D eigenvalue weighted by atomic mass is 15.0. The van der Waals surface area contributed by atoms with Gasteiger partial charge in [-0.25, -0.2) is 9.97 Å². The van der Waals surface area contributed by atoms with Crippen molar-refractivity contribution in [2.45, 2.75) is 44.2 Å². The van der Waals surface area contributed by atoms with Gasteiger partial charge in [0.05, 0.1) is 34.2 Å². The summed E-state index contributed by atoms with van der Waals surface area (Å²) in [7, 11) is 0. The molecule has 7 rings (SSSR count). The molecule has 6 heteroatoms. The molecule has 0 spiro atoms. The molecule has 4 N–H and O–H groups in total. The van der Waals surface area contributed by atoms with Gasteiger partial charge in [0.2, 0.25) is 0 Å². The van der Waals surface area contributed by atoms with E-state index in [0.717, 1.165) is 59.6 Å². The van der Waals surface area contributed by atoms with Crippen molar-refractivity contribution in [2.24, 2.45) is 0 Å². The molecule has 6 nitrogen and oxygen atoms in total. The second-order valence-corrected chi connectivity index (χ2v) is 9.52. The molecular formula is C27H28N6. The number of nitrogens with one attached hydrogen (secondary N) is 4. The Morgan fingerprint density at radius 3 is 2.24 bits per heavy atom. The molecule has 3 aromatic carbocycles. The van der Waals surface area contributed by atoms with Crippen LogP contribution in [0.4, 0.5) is 0 Å². The Morgan fingerprint density at radius 2 is 1.39 bits per heavy atom. The smallest absolute Gasteiger partial charge is 0.124 e. The monoisotopic (exact) mass is 436 g/mol. The molecule has 0 saturated carbocycles. The molecule has 33 heavy (non-hydrogen) atoms. The van der Waals surface area contributed by atoms with Gasteiger partial charge in [0, 0.05) is 5.39 Å². The maximum atomic E-state index is 4.87. The zero-order chi connectivity index (χ0) is 21.8. The fraction of sp³-hybridized carbons (Fsp3) is 0.333. The molecule has 166 valence electrons. The maximum Gasteiger partial charge on any atom is 0.124 e. The van der Waals surface area contributed by atoms with Crippen LogP contribution in [0.5, 0.6) is 0 Å². The highest BCUT2D eigenvalue weighted by Gasteiger charge is 2.20. The maximum absolute atomic E-state index is 4.87. The van der Waals surface area contributed by atoms with Crippen LogP contribution in [-0.4, -0.2) is 33.0 Å². The summed E-state index contributed by atoms with van der Waals surface area (Å²) in [5.41, 5.74) is 6.74. The molecule has 2 aromatic heterocycles. The zero-order valence-corrected chi connectivity index (χ0v) is 18.6. The third kappa shape index (κ3) is 3.33. The fourth-order valence-corrected chi connectivity index (χ4v) is 5.55. The van der Waals surface area contributed by atoms with Crippen molar-refractivity contribution in [1.29, 1.82) is 0 Å². The predicted molar refractivity (Wildman–Crippen MR) is 133 cm³/mol. The van der Waals surface area contributed by atoms with Crippen LogP contribution in [0, 0.1) is 0 Å². The molecule has 0 unspecified atom stereocenters. The van der Waals surface area contributed by atoms with E-state index < -0.39 is 0 Å². The number of benzene rings is 3. The molecule has 0 bridgehead atoms. The molecule has 2 aliphatic heterocycles. The number of H-pyrrole nitrogens is 2. The number of hydrogen-bond acceptors (Lipinski definition) is 4. The number of imidazole rings is 2. The van der Waals surface area contributed by atoms with Crippen LogP contribution in [0.15, 0.2) is 48.5 Å². The van der Waals surface area contributed by atoms with Gasteiger partial charge in [0.25, 0.3) is 0 Å². The Bertz CT molecular complexity index is 1470. The van der Waals surface area contributed by atoms with Crippen molar-refractivity contribution in [2.75, 3.05) is 13.1 Å². The summed E-state index contributed by atoms with van der Waals surface area (Å²) in [5, 5.41) is 9.59. The van der Waals surface area contributed by atoms with Crippen molar-refractivity contribution in [3.63, 3.8) is 0 Å². The predicted octanol–water partition coefficient (Wildman–Crippen LogP) is 5.50. The van der Waals surface area contributed by atoms with Crippen molar-refractivity contribution in [3.05, 3.63) is 60.2 Å². The Kier molecular flexibility index (Phi) is 4.48. The summed E-state index contributed by atoms with van der Waals surface area (Å²) in [6.07, 6.45) is 6.03. The first kappa shape index (κ1) is 19.3. The minimum Gasteiger partial charge on any atom is -0.341 e. The lowest BCUT2D eigenvalue weighted by Crippen LogP contribution is -2.27. The lowest BCUT2D eigenvalue weighted by atomic mass is 10.0. The number of rotatable bonds is 3. The molecule has 2 saturated heterocycles. The summed E-state index contributed by atoms with van der Waals surface area (Å²) in [4.78, 5) is 16.9. The molecule has 0 radical (unpaired) electrons. The Balaban J connectivity index is 1.25. The average molecular weight is 437 g/mol. The van der Waals surface area contributed by atoms with E-state index in [1.807, 2.05) is 0 Å². The van der Waals surface area contributed by atoms with Crippen molar-refractivity contribution in [3.8, 4) is 11.1 Å². The van der Waals surface area contributed by atoms with Crippen molar-refractivity contribution < 1.29 is 0 Å². The highest BCUT2D eigenvalue weighted by molar-refractivity contribution is 6.05. The summed E-state index contributed by atoms with van der Waals surface area (Å²) in [5.74, 6) is 2.13. The lowest BCUT2D eigenvalue weighted by molar-refractivity contribution is 0.400. The van der Waals surface area contributed by atoms with E-state index in [1.54, 1.807) is 0 Å². The van der Waals surface area contributed by atoms with Gasteiger partial charge in [-0.3, -0.25) is 0 Å². The van der Waals surface area contributed by atoms with Crippen molar-refractivity contribution >= 4 is 32.8 Å². The van der Waals surface area contributed by atoms with Gasteiger partial charge in [0.15, 0.2) is 0 Å². The zero-order valence-electron chi connectivity index (χ0n) is 18.6. The topological polar surface area (TPSA) is 81.4 Å². The van der Waals surface area contributed by atoms with E-state index in [1.165, 1.54) is 41.2 Å². The molecule has 0 amide bonds. The molecule has 4 heterocycles. The van der Waals surface area contributed by atoms with E-state index >= 15 is 0 Å². The molecule has 2 atom stereocenters. The summed E-state index contributed by atoms with van der Waals surface area (Å²) < 4.78 is 0. The first-order valence-corrected chi connectivity index (χ1v) is 12.2. The number of piperidine rings is 1. The van der Waals surface area contributed by atoms with E-state index in [4.69, 9.17) is 9.97 Å². The molecule has 2 fully saturated rings. The van der Waals surface area contributed by atoms with Gasteiger partial charge in [-0.1, -0.05) is 30.7 Å².